The van der Waals surface area contributed by atoms with E-state index in [-0.39, 0.29) is 11.7 Å². The van der Waals surface area contributed by atoms with E-state index in [9.17, 15) is 14.3 Å². The average Bonchev–Trinajstić information content (AvgIpc) is 3.26. The molecule has 2 aromatic rings. The van der Waals surface area contributed by atoms with Gasteiger partial charge in [-0.2, -0.15) is 0 Å². The fraction of sp³-hybridized carbons (Fsp3) is 0.333. The minimum absolute atomic E-state index is 0.0812. The molecule has 2 aliphatic rings. The Labute approximate surface area is 149 Å². The molecule has 0 aliphatic carbocycles. The maximum atomic E-state index is 14.4. The van der Waals surface area contributed by atoms with Gasteiger partial charge < -0.3 is 25.8 Å². The van der Waals surface area contributed by atoms with Gasteiger partial charge in [-0.1, -0.05) is 0 Å². The first kappa shape index (κ1) is 16.7. The summed E-state index contributed by atoms with van der Waals surface area (Å²) in [6.07, 6.45) is 2.20. The van der Waals surface area contributed by atoms with Crippen LogP contribution in [0.1, 0.15) is 12.0 Å². The van der Waals surface area contributed by atoms with Gasteiger partial charge in [0, 0.05) is 36.6 Å². The number of amides is 1. The number of aliphatic hydroxyl groups excluding tert-OH is 1. The van der Waals surface area contributed by atoms with Crippen molar-refractivity contribution in [2.45, 2.75) is 25.0 Å². The van der Waals surface area contributed by atoms with Crippen molar-refractivity contribution in [2.24, 2.45) is 0 Å². The molecule has 26 heavy (non-hydrogen) atoms. The zero-order chi connectivity index (χ0) is 18.1. The zero-order valence-electron chi connectivity index (χ0n) is 14.0. The number of carbonyl (C=O) groups is 1. The van der Waals surface area contributed by atoms with Crippen molar-refractivity contribution in [3.63, 3.8) is 0 Å². The van der Waals surface area contributed by atoms with Crippen LogP contribution in [0.5, 0.6) is 11.5 Å². The summed E-state index contributed by atoms with van der Waals surface area (Å²) in [5, 5.41) is 18.2. The van der Waals surface area contributed by atoms with E-state index in [4.69, 9.17) is 4.74 Å². The molecule has 0 spiro atoms. The van der Waals surface area contributed by atoms with Crippen LogP contribution in [0.15, 0.2) is 30.5 Å². The summed E-state index contributed by atoms with van der Waals surface area (Å²) in [4.78, 5) is 16.3. The quantitative estimate of drug-likeness (QED) is 0.664. The monoisotopic (exact) mass is 358 g/mol. The fourth-order valence-corrected chi connectivity index (χ4v) is 3.20. The minimum atomic E-state index is -0.571. The highest BCUT2D eigenvalue weighted by molar-refractivity contribution is 5.95. The van der Waals surface area contributed by atoms with Crippen LogP contribution >= 0.6 is 0 Å². The molecule has 7 nitrogen and oxygen atoms in total. The largest absolute Gasteiger partial charge is 0.454 e. The number of hydrogen-bond acceptors (Lipinski definition) is 6. The summed E-state index contributed by atoms with van der Waals surface area (Å²) < 4.78 is 20.1. The van der Waals surface area contributed by atoms with Gasteiger partial charge in [-0.3, -0.25) is 4.79 Å². The van der Waals surface area contributed by atoms with Crippen molar-refractivity contribution < 1.29 is 19.0 Å². The minimum Gasteiger partial charge on any atom is -0.454 e. The van der Waals surface area contributed by atoms with Crippen molar-refractivity contribution in [3.05, 3.63) is 41.8 Å². The number of hydrogen-bond donors (Lipinski definition) is 4. The summed E-state index contributed by atoms with van der Waals surface area (Å²) in [7, 11) is 0. The molecule has 0 unspecified atom stereocenters. The van der Waals surface area contributed by atoms with Gasteiger partial charge in [0.15, 0.2) is 11.6 Å². The molecule has 136 valence electrons. The Balaban J connectivity index is 1.46. The third-order valence-corrected chi connectivity index (χ3v) is 4.52. The number of halogens is 1. The third kappa shape index (κ3) is 3.33. The molecule has 3 heterocycles. The first-order valence-corrected chi connectivity index (χ1v) is 8.51. The number of fused-ring (bicyclic) bond motifs is 1. The second-order valence-corrected chi connectivity index (χ2v) is 6.40. The smallest absolute Gasteiger partial charge is 0.241 e. The van der Waals surface area contributed by atoms with Crippen molar-refractivity contribution >= 4 is 17.4 Å². The lowest BCUT2D eigenvalue weighted by molar-refractivity contribution is -0.117. The standard InChI is InChI=1S/C18H19FN4O3/c19-13-7-10(23-18(25)14-8-11(24)9-22-14)1-2-16(13)26-15-4-6-21-17-12(15)3-5-20-17/h1-2,4,6-7,11,14,22,24H,3,5,8-9H2,(H,20,21)(H,23,25)/t11-,14+/m1/s1. The lowest BCUT2D eigenvalue weighted by Crippen LogP contribution is -2.35. The number of anilines is 2. The summed E-state index contributed by atoms with van der Waals surface area (Å²) in [6, 6.07) is 5.52. The number of benzene rings is 1. The van der Waals surface area contributed by atoms with Gasteiger partial charge in [0.05, 0.1) is 12.1 Å². The van der Waals surface area contributed by atoms with Crippen LogP contribution in [-0.4, -0.2) is 41.2 Å². The predicted octanol–water partition coefficient (Wildman–Crippen LogP) is 1.64. The van der Waals surface area contributed by atoms with Gasteiger partial charge in [0.1, 0.15) is 11.6 Å². The van der Waals surface area contributed by atoms with E-state index < -0.39 is 18.0 Å². The molecule has 2 atom stereocenters. The number of rotatable bonds is 4. The number of nitrogens with zero attached hydrogens (tertiary/aromatic N) is 1. The second kappa shape index (κ2) is 6.89. The first-order chi connectivity index (χ1) is 12.6. The third-order valence-electron chi connectivity index (χ3n) is 4.52. The van der Waals surface area contributed by atoms with Gasteiger partial charge >= 0.3 is 0 Å². The molecular weight excluding hydrogens is 339 g/mol. The molecule has 1 aromatic heterocycles. The van der Waals surface area contributed by atoms with Crippen molar-refractivity contribution in [1.82, 2.24) is 10.3 Å². The topological polar surface area (TPSA) is 95.5 Å². The Kier molecular flexibility index (Phi) is 4.44. The van der Waals surface area contributed by atoms with Gasteiger partial charge in [0.25, 0.3) is 0 Å². The van der Waals surface area contributed by atoms with Gasteiger partial charge in [-0.25, -0.2) is 9.37 Å². The normalized spacial score (nSPS) is 21.2. The molecule has 4 rings (SSSR count). The van der Waals surface area contributed by atoms with Gasteiger partial charge in [-0.15, -0.1) is 0 Å². The van der Waals surface area contributed by atoms with Crippen LogP contribution in [0, 0.1) is 5.82 Å². The summed E-state index contributed by atoms with van der Waals surface area (Å²) in [5.41, 5.74) is 1.26. The molecule has 1 saturated heterocycles. The maximum Gasteiger partial charge on any atom is 0.241 e. The van der Waals surface area contributed by atoms with Crippen LogP contribution in [0.4, 0.5) is 15.9 Å². The SMILES string of the molecule is O=C(Nc1ccc(Oc2ccnc3c2CCN3)c(F)c1)[C@@H]1C[C@@H](O)CN1. The highest BCUT2D eigenvalue weighted by Gasteiger charge is 2.28. The van der Waals surface area contributed by atoms with E-state index in [1.807, 2.05) is 0 Å². The number of carbonyl (C=O) groups excluding carboxylic acids is 1. The van der Waals surface area contributed by atoms with Gasteiger partial charge in [0.2, 0.25) is 5.91 Å². The molecule has 1 aromatic carbocycles. The number of nitrogens with one attached hydrogen (secondary N) is 3. The molecule has 0 radical (unpaired) electrons. The van der Waals surface area contributed by atoms with E-state index in [0.29, 0.717) is 24.4 Å². The number of aromatic nitrogens is 1. The molecule has 1 amide bonds. The molecule has 2 aliphatic heterocycles. The summed E-state index contributed by atoms with van der Waals surface area (Å²) in [5.74, 6) is 0.543. The molecule has 8 heteroatoms. The highest BCUT2D eigenvalue weighted by atomic mass is 19.1. The average molecular weight is 358 g/mol. The van der Waals surface area contributed by atoms with Crippen molar-refractivity contribution in [3.8, 4) is 11.5 Å². The predicted molar refractivity (Wildman–Crippen MR) is 93.9 cm³/mol. The fourth-order valence-electron chi connectivity index (χ4n) is 3.20. The lowest BCUT2D eigenvalue weighted by Gasteiger charge is -2.13. The summed E-state index contributed by atoms with van der Waals surface area (Å²) >= 11 is 0. The van der Waals surface area contributed by atoms with E-state index in [1.165, 1.54) is 12.1 Å². The molecule has 4 N–H and O–H groups in total. The highest BCUT2D eigenvalue weighted by Crippen LogP contribution is 2.34. The Bertz CT molecular complexity index is 845. The number of ether oxygens (including phenoxy) is 1. The Morgan fingerprint density at radius 1 is 1.35 bits per heavy atom. The Morgan fingerprint density at radius 2 is 2.23 bits per heavy atom. The lowest BCUT2D eigenvalue weighted by atomic mass is 10.2. The van der Waals surface area contributed by atoms with Crippen LogP contribution in [0.3, 0.4) is 0 Å². The van der Waals surface area contributed by atoms with E-state index in [0.717, 1.165) is 24.3 Å². The second-order valence-electron chi connectivity index (χ2n) is 6.40. The maximum absolute atomic E-state index is 14.4. The molecule has 0 saturated carbocycles. The van der Waals surface area contributed by atoms with Crippen LogP contribution < -0.4 is 20.7 Å². The van der Waals surface area contributed by atoms with E-state index >= 15 is 0 Å². The zero-order valence-corrected chi connectivity index (χ0v) is 14.0. The van der Waals surface area contributed by atoms with Crippen molar-refractivity contribution in [2.75, 3.05) is 23.7 Å². The van der Waals surface area contributed by atoms with Crippen LogP contribution in [0.2, 0.25) is 0 Å². The number of β-amino-alcohol motifs (C(OH)–C–C–N with tert-alkyl or cyclic N) is 1. The molecule has 1 fully saturated rings. The summed E-state index contributed by atoms with van der Waals surface area (Å²) in [6.45, 7) is 1.16. The Morgan fingerprint density at radius 3 is 3.00 bits per heavy atom. The van der Waals surface area contributed by atoms with Crippen molar-refractivity contribution in [1.29, 1.82) is 0 Å². The number of aliphatic hydroxyl groups is 1. The number of pyridine rings is 1. The van der Waals surface area contributed by atoms with E-state index in [1.54, 1.807) is 18.3 Å². The molecular formula is C18H19FN4O3. The van der Waals surface area contributed by atoms with Gasteiger partial charge in [-0.05, 0) is 31.0 Å². The first-order valence-electron chi connectivity index (χ1n) is 8.51. The Hall–Kier alpha value is -2.71. The van der Waals surface area contributed by atoms with Crippen LogP contribution in [0.25, 0.3) is 0 Å². The van der Waals surface area contributed by atoms with Crippen LogP contribution in [-0.2, 0) is 11.2 Å². The molecule has 0 bridgehead atoms. The van der Waals surface area contributed by atoms with E-state index in [2.05, 4.69) is 20.9 Å².